The highest BCUT2D eigenvalue weighted by Gasteiger charge is 2.02. The number of nitrogens with zero attached hydrogens (tertiary/aromatic N) is 2. The van der Waals surface area contributed by atoms with E-state index in [0.717, 1.165) is 32.9 Å². The monoisotopic (exact) mass is 199 g/mol. The fourth-order valence-electron chi connectivity index (χ4n) is 1.21. The molecule has 0 spiro atoms. The van der Waals surface area contributed by atoms with Gasteiger partial charge >= 0.3 is 0 Å². The first-order valence-electron chi connectivity index (χ1n) is 4.98. The van der Waals surface area contributed by atoms with E-state index in [1.165, 1.54) is 0 Å². The molecule has 0 aromatic carbocycles. The molecule has 14 heavy (non-hydrogen) atoms. The summed E-state index contributed by atoms with van der Waals surface area (Å²) < 4.78 is 14.5. The Morgan fingerprint density at radius 3 is 2.93 bits per heavy atom. The fraction of sp³-hybridized carbons (Fsp3) is 0.700. The first kappa shape index (κ1) is 11.2. The lowest BCUT2D eigenvalue weighted by Gasteiger charge is -1.97. The molecule has 0 amide bonds. The van der Waals surface area contributed by atoms with Gasteiger partial charge in [-0.05, 0) is 6.92 Å². The molecule has 4 nitrogen and oxygen atoms in total. The van der Waals surface area contributed by atoms with Gasteiger partial charge in [-0.2, -0.15) is 0 Å². The average molecular weight is 199 g/mol. The van der Waals surface area contributed by atoms with E-state index >= 15 is 0 Å². The van der Waals surface area contributed by atoms with Gasteiger partial charge in [0.1, 0.15) is 25.5 Å². The maximum absolute atomic E-state index is 5.27. The van der Waals surface area contributed by atoms with Gasteiger partial charge in [-0.1, -0.05) is 0 Å². The summed E-state index contributed by atoms with van der Waals surface area (Å²) in [6.45, 7) is 6.13. The molecule has 0 aliphatic carbocycles. The molecule has 80 valence electrons. The molecule has 4 heteroatoms. The van der Waals surface area contributed by atoms with Crippen molar-refractivity contribution < 1.29 is 14.0 Å². The van der Waals surface area contributed by atoms with Crippen molar-refractivity contribution in [2.24, 2.45) is 0 Å². The zero-order chi connectivity index (χ0) is 10.2. The second-order valence-corrected chi connectivity index (χ2v) is 3.08. The Labute approximate surface area is 85.1 Å². The normalized spacial score (nSPS) is 10.7. The van der Waals surface area contributed by atoms with Gasteiger partial charge in [-0.15, -0.1) is 0 Å². The fourth-order valence-corrected chi connectivity index (χ4v) is 1.21. The SMILES string of the molecule is CCOCC[n+]1ccn(CCOC)c1. The van der Waals surface area contributed by atoms with Gasteiger partial charge in [0, 0.05) is 13.7 Å². The Kier molecular flexibility index (Phi) is 5.25. The number of methoxy groups -OCH3 is 1. The third-order valence-electron chi connectivity index (χ3n) is 2.00. The summed E-state index contributed by atoms with van der Waals surface area (Å²) in [5.41, 5.74) is 0. The number of imidazole rings is 1. The van der Waals surface area contributed by atoms with Crippen molar-refractivity contribution in [2.75, 3.05) is 26.9 Å². The van der Waals surface area contributed by atoms with Crippen LogP contribution in [0.3, 0.4) is 0 Å². The smallest absolute Gasteiger partial charge is 0.243 e. The third-order valence-corrected chi connectivity index (χ3v) is 2.00. The highest BCUT2D eigenvalue weighted by Crippen LogP contribution is 1.85. The first-order chi connectivity index (χ1) is 6.86. The van der Waals surface area contributed by atoms with E-state index in [2.05, 4.69) is 21.7 Å². The predicted molar refractivity (Wildman–Crippen MR) is 53.0 cm³/mol. The van der Waals surface area contributed by atoms with Gasteiger partial charge in [-0.25, -0.2) is 9.13 Å². The Morgan fingerprint density at radius 2 is 2.21 bits per heavy atom. The molecule has 0 saturated carbocycles. The van der Waals surface area contributed by atoms with E-state index in [-0.39, 0.29) is 0 Å². The van der Waals surface area contributed by atoms with Crippen LogP contribution in [0.1, 0.15) is 6.92 Å². The summed E-state index contributed by atoms with van der Waals surface area (Å²) >= 11 is 0. The molecular formula is C10H19N2O2+. The summed E-state index contributed by atoms with van der Waals surface area (Å²) in [5.74, 6) is 0. The molecule has 1 rings (SSSR count). The number of hydrogen-bond acceptors (Lipinski definition) is 2. The highest BCUT2D eigenvalue weighted by atomic mass is 16.5. The maximum Gasteiger partial charge on any atom is 0.243 e. The Bertz CT molecular complexity index is 248. The van der Waals surface area contributed by atoms with E-state index in [1.54, 1.807) is 7.11 Å². The minimum atomic E-state index is 0.750. The Balaban J connectivity index is 2.27. The van der Waals surface area contributed by atoms with Crippen LogP contribution in [-0.2, 0) is 22.6 Å². The van der Waals surface area contributed by atoms with Gasteiger partial charge in [0.15, 0.2) is 0 Å². The zero-order valence-corrected chi connectivity index (χ0v) is 8.98. The molecule has 1 heterocycles. The highest BCUT2D eigenvalue weighted by molar-refractivity contribution is 4.65. The van der Waals surface area contributed by atoms with E-state index in [9.17, 15) is 0 Å². The van der Waals surface area contributed by atoms with Crippen molar-refractivity contribution in [3.63, 3.8) is 0 Å². The quantitative estimate of drug-likeness (QED) is 0.471. The lowest BCUT2D eigenvalue weighted by molar-refractivity contribution is -0.698. The summed E-state index contributed by atoms with van der Waals surface area (Å²) in [6, 6.07) is 0. The standard InChI is InChI=1S/C10H19N2O2/c1-3-14-9-7-12-5-4-11(10-12)6-8-13-2/h4-5,10H,3,6-9H2,1-2H3/q+1. The van der Waals surface area contributed by atoms with E-state index in [1.807, 2.05) is 13.1 Å². The van der Waals surface area contributed by atoms with Gasteiger partial charge in [0.05, 0.1) is 13.2 Å². The Hall–Kier alpha value is -0.870. The van der Waals surface area contributed by atoms with Crippen molar-refractivity contribution in [2.45, 2.75) is 20.0 Å². The minimum Gasteiger partial charge on any atom is -0.381 e. The molecule has 0 bridgehead atoms. The van der Waals surface area contributed by atoms with Crippen molar-refractivity contribution in [1.82, 2.24) is 4.57 Å². The van der Waals surface area contributed by atoms with Gasteiger partial charge in [0.2, 0.25) is 6.33 Å². The molecular weight excluding hydrogens is 180 g/mol. The van der Waals surface area contributed by atoms with Crippen LogP contribution in [0.4, 0.5) is 0 Å². The van der Waals surface area contributed by atoms with E-state index in [4.69, 9.17) is 9.47 Å². The van der Waals surface area contributed by atoms with Crippen LogP contribution < -0.4 is 4.57 Å². The van der Waals surface area contributed by atoms with E-state index < -0.39 is 0 Å². The predicted octanol–water partition coefficient (Wildman–Crippen LogP) is 0.458. The first-order valence-corrected chi connectivity index (χ1v) is 4.98. The summed E-state index contributed by atoms with van der Waals surface area (Å²) in [6.07, 6.45) is 6.16. The molecule has 0 N–H and O–H groups in total. The molecule has 0 unspecified atom stereocenters. The molecule has 1 aromatic rings. The van der Waals surface area contributed by atoms with Crippen molar-refractivity contribution in [3.8, 4) is 0 Å². The van der Waals surface area contributed by atoms with Crippen molar-refractivity contribution in [1.29, 1.82) is 0 Å². The van der Waals surface area contributed by atoms with Gasteiger partial charge in [-0.3, -0.25) is 0 Å². The molecule has 1 aromatic heterocycles. The van der Waals surface area contributed by atoms with Crippen molar-refractivity contribution in [3.05, 3.63) is 18.7 Å². The molecule has 0 fully saturated rings. The lowest BCUT2D eigenvalue weighted by Crippen LogP contribution is -2.33. The molecule has 0 radical (unpaired) electrons. The van der Waals surface area contributed by atoms with Crippen LogP contribution in [0.25, 0.3) is 0 Å². The average Bonchev–Trinajstić information content (AvgIpc) is 2.63. The topological polar surface area (TPSA) is 27.3 Å². The van der Waals surface area contributed by atoms with Gasteiger partial charge in [0.25, 0.3) is 0 Å². The van der Waals surface area contributed by atoms with Crippen LogP contribution in [0.2, 0.25) is 0 Å². The van der Waals surface area contributed by atoms with Crippen molar-refractivity contribution >= 4 is 0 Å². The van der Waals surface area contributed by atoms with E-state index in [0.29, 0.717) is 0 Å². The third kappa shape index (κ3) is 3.89. The number of rotatable bonds is 7. The minimum absolute atomic E-state index is 0.750. The summed E-state index contributed by atoms with van der Waals surface area (Å²) in [7, 11) is 1.71. The molecule has 0 aliphatic rings. The van der Waals surface area contributed by atoms with Crippen LogP contribution in [0.15, 0.2) is 18.7 Å². The number of hydrogen-bond donors (Lipinski definition) is 0. The summed E-state index contributed by atoms with van der Waals surface area (Å²) in [4.78, 5) is 0. The number of aromatic nitrogens is 2. The molecule has 0 aliphatic heterocycles. The van der Waals surface area contributed by atoms with Gasteiger partial charge < -0.3 is 9.47 Å². The Morgan fingerprint density at radius 1 is 1.36 bits per heavy atom. The second-order valence-electron chi connectivity index (χ2n) is 3.08. The van der Waals surface area contributed by atoms with Crippen LogP contribution in [0.5, 0.6) is 0 Å². The second kappa shape index (κ2) is 6.56. The summed E-state index contributed by atoms with van der Waals surface area (Å²) in [5, 5.41) is 0. The number of ether oxygens (including phenoxy) is 2. The molecule has 0 atom stereocenters. The maximum atomic E-state index is 5.27. The van der Waals surface area contributed by atoms with Crippen LogP contribution >= 0.6 is 0 Å². The van der Waals surface area contributed by atoms with Crippen LogP contribution in [0, 0.1) is 0 Å². The molecule has 0 saturated heterocycles. The zero-order valence-electron chi connectivity index (χ0n) is 8.98. The van der Waals surface area contributed by atoms with Crippen LogP contribution in [-0.4, -0.2) is 31.5 Å². The lowest BCUT2D eigenvalue weighted by atomic mass is 10.6. The largest absolute Gasteiger partial charge is 0.381 e.